The van der Waals surface area contributed by atoms with Gasteiger partial charge in [-0.3, -0.25) is 4.79 Å². The first-order valence-corrected chi connectivity index (χ1v) is 7.14. The molecule has 1 aromatic rings. The minimum atomic E-state index is -0.0235. The van der Waals surface area contributed by atoms with Gasteiger partial charge in [-0.05, 0) is 38.6 Å². The largest absolute Gasteiger partial charge is 0.359 e. The van der Waals surface area contributed by atoms with Crippen LogP contribution in [0.5, 0.6) is 0 Å². The lowest BCUT2D eigenvalue weighted by molar-refractivity contribution is -0.135. The molecule has 3 atom stereocenters. The summed E-state index contributed by atoms with van der Waals surface area (Å²) in [6.45, 7) is 5.83. The molecular formula is C14H21N3O2. The van der Waals surface area contributed by atoms with E-state index in [0.29, 0.717) is 5.92 Å². The van der Waals surface area contributed by atoms with Crippen molar-refractivity contribution in [1.29, 1.82) is 0 Å². The quantitative estimate of drug-likeness (QED) is 0.881. The van der Waals surface area contributed by atoms with Gasteiger partial charge < -0.3 is 14.7 Å². The summed E-state index contributed by atoms with van der Waals surface area (Å²) < 4.78 is 5.35. The van der Waals surface area contributed by atoms with E-state index in [9.17, 15) is 4.79 Å². The van der Waals surface area contributed by atoms with E-state index in [1.165, 1.54) is 0 Å². The molecule has 1 N–H and O–H groups in total. The summed E-state index contributed by atoms with van der Waals surface area (Å²) in [6.07, 6.45) is 3.09. The number of carbonyl (C=O) groups excluding carboxylic acids is 1. The number of hydrogen-bond acceptors (Lipinski definition) is 4. The second kappa shape index (κ2) is 4.96. The standard InChI is InChI=1S/C14H21N3O2/c1-9-5-6-15-13(9)14(18)17-7-3-4-11(17)12-8-10(2)16-19-12/h8-9,11,13,15H,3-7H2,1-2H3. The van der Waals surface area contributed by atoms with Crippen molar-refractivity contribution in [2.45, 2.75) is 45.2 Å². The van der Waals surface area contributed by atoms with Crippen molar-refractivity contribution in [3.05, 3.63) is 17.5 Å². The Hall–Kier alpha value is -1.36. The van der Waals surface area contributed by atoms with Gasteiger partial charge in [-0.2, -0.15) is 0 Å². The summed E-state index contributed by atoms with van der Waals surface area (Å²) in [5, 5.41) is 7.26. The highest BCUT2D eigenvalue weighted by Gasteiger charge is 2.39. The van der Waals surface area contributed by atoms with Crippen molar-refractivity contribution in [3.63, 3.8) is 0 Å². The van der Waals surface area contributed by atoms with Crippen LogP contribution in [-0.4, -0.2) is 35.1 Å². The van der Waals surface area contributed by atoms with Gasteiger partial charge in [0.1, 0.15) is 0 Å². The first-order valence-electron chi connectivity index (χ1n) is 7.14. The lowest BCUT2D eigenvalue weighted by Gasteiger charge is -2.27. The minimum Gasteiger partial charge on any atom is -0.359 e. The van der Waals surface area contributed by atoms with Crippen LogP contribution in [0.1, 0.15) is 43.7 Å². The summed E-state index contributed by atoms with van der Waals surface area (Å²) in [7, 11) is 0. The van der Waals surface area contributed by atoms with Gasteiger partial charge in [-0.15, -0.1) is 0 Å². The van der Waals surface area contributed by atoms with E-state index < -0.39 is 0 Å². The fraction of sp³-hybridized carbons (Fsp3) is 0.714. The maximum Gasteiger partial charge on any atom is 0.240 e. The number of amides is 1. The first-order chi connectivity index (χ1) is 9.16. The molecule has 3 rings (SSSR count). The summed E-state index contributed by atoms with van der Waals surface area (Å²) in [5.41, 5.74) is 0.877. The van der Waals surface area contributed by atoms with Gasteiger partial charge in [0.25, 0.3) is 0 Å². The predicted molar refractivity (Wildman–Crippen MR) is 70.5 cm³/mol. The highest BCUT2D eigenvalue weighted by Crippen LogP contribution is 2.33. The molecular weight excluding hydrogens is 242 g/mol. The fourth-order valence-corrected chi connectivity index (χ4v) is 3.21. The molecule has 1 aromatic heterocycles. The van der Waals surface area contributed by atoms with Crippen molar-refractivity contribution in [3.8, 4) is 0 Å². The van der Waals surface area contributed by atoms with Crippen molar-refractivity contribution in [1.82, 2.24) is 15.4 Å². The lowest BCUT2D eigenvalue weighted by Crippen LogP contribution is -2.45. The lowest BCUT2D eigenvalue weighted by atomic mass is 10.0. The smallest absolute Gasteiger partial charge is 0.240 e. The van der Waals surface area contributed by atoms with Crippen molar-refractivity contribution >= 4 is 5.91 Å². The number of likely N-dealkylation sites (tertiary alicyclic amines) is 1. The monoisotopic (exact) mass is 263 g/mol. The maximum atomic E-state index is 12.6. The van der Waals surface area contributed by atoms with Crippen LogP contribution in [0.3, 0.4) is 0 Å². The normalized spacial score (nSPS) is 31.1. The molecule has 0 bridgehead atoms. The molecule has 2 aliphatic rings. The number of nitrogens with one attached hydrogen (secondary N) is 1. The summed E-state index contributed by atoms with van der Waals surface area (Å²) in [6, 6.07) is 2.00. The molecule has 0 saturated carbocycles. The van der Waals surface area contributed by atoms with E-state index in [0.717, 1.165) is 43.8 Å². The van der Waals surface area contributed by atoms with Gasteiger partial charge in [0, 0.05) is 12.6 Å². The highest BCUT2D eigenvalue weighted by atomic mass is 16.5. The Morgan fingerprint density at radius 1 is 1.53 bits per heavy atom. The Kier molecular flexibility index (Phi) is 3.31. The zero-order valence-electron chi connectivity index (χ0n) is 11.6. The van der Waals surface area contributed by atoms with E-state index >= 15 is 0 Å². The SMILES string of the molecule is Cc1cc(C2CCCN2C(=O)C2NCCC2C)on1. The molecule has 5 heteroatoms. The Morgan fingerprint density at radius 3 is 3.00 bits per heavy atom. The number of aromatic nitrogens is 1. The third kappa shape index (κ3) is 2.27. The van der Waals surface area contributed by atoms with E-state index in [2.05, 4.69) is 17.4 Å². The van der Waals surface area contributed by atoms with E-state index in [1.54, 1.807) is 0 Å². The van der Waals surface area contributed by atoms with Gasteiger partial charge in [0.2, 0.25) is 5.91 Å². The molecule has 0 spiro atoms. The minimum absolute atomic E-state index is 0.0235. The van der Waals surface area contributed by atoms with Crippen LogP contribution in [0.25, 0.3) is 0 Å². The number of rotatable bonds is 2. The van der Waals surface area contributed by atoms with Gasteiger partial charge in [0.15, 0.2) is 5.76 Å². The molecule has 5 nitrogen and oxygen atoms in total. The third-order valence-corrected chi connectivity index (χ3v) is 4.31. The number of nitrogens with zero attached hydrogens (tertiary/aromatic N) is 2. The maximum absolute atomic E-state index is 12.6. The first kappa shape index (κ1) is 12.7. The Morgan fingerprint density at radius 2 is 2.37 bits per heavy atom. The molecule has 19 heavy (non-hydrogen) atoms. The summed E-state index contributed by atoms with van der Waals surface area (Å²) in [4.78, 5) is 14.6. The predicted octanol–water partition coefficient (Wildman–Crippen LogP) is 1.64. The molecule has 0 aromatic carbocycles. The average molecular weight is 263 g/mol. The second-order valence-electron chi connectivity index (χ2n) is 5.76. The molecule has 1 amide bonds. The number of carbonyl (C=O) groups is 1. The number of hydrogen-bond donors (Lipinski definition) is 1. The molecule has 0 aliphatic carbocycles. The van der Waals surface area contributed by atoms with E-state index in [-0.39, 0.29) is 18.0 Å². The van der Waals surface area contributed by atoms with Gasteiger partial charge in [0.05, 0.1) is 17.8 Å². The topological polar surface area (TPSA) is 58.4 Å². The molecule has 104 valence electrons. The second-order valence-corrected chi connectivity index (χ2v) is 5.76. The van der Waals surface area contributed by atoms with E-state index in [4.69, 9.17) is 4.52 Å². The van der Waals surface area contributed by atoms with Crippen molar-refractivity contribution < 1.29 is 9.32 Å². The third-order valence-electron chi connectivity index (χ3n) is 4.31. The molecule has 0 radical (unpaired) electrons. The Bertz CT molecular complexity index is 471. The summed E-state index contributed by atoms with van der Waals surface area (Å²) in [5.74, 6) is 1.47. The average Bonchev–Trinajstić information content (AvgIpc) is 3.07. The number of aryl methyl sites for hydroxylation is 1. The Labute approximate surface area is 113 Å². The van der Waals surface area contributed by atoms with Crippen molar-refractivity contribution in [2.24, 2.45) is 5.92 Å². The van der Waals surface area contributed by atoms with Crippen molar-refractivity contribution in [2.75, 3.05) is 13.1 Å². The van der Waals surface area contributed by atoms with Gasteiger partial charge in [-0.1, -0.05) is 12.1 Å². The zero-order chi connectivity index (χ0) is 13.4. The van der Waals surface area contributed by atoms with Gasteiger partial charge in [-0.25, -0.2) is 0 Å². The van der Waals surface area contributed by atoms with Crippen LogP contribution in [-0.2, 0) is 4.79 Å². The molecule has 2 saturated heterocycles. The molecule has 3 unspecified atom stereocenters. The fourth-order valence-electron chi connectivity index (χ4n) is 3.21. The Balaban J connectivity index is 1.77. The van der Waals surface area contributed by atoms with Crippen LogP contribution in [0.2, 0.25) is 0 Å². The highest BCUT2D eigenvalue weighted by molar-refractivity contribution is 5.83. The van der Waals surface area contributed by atoms with Crippen LogP contribution in [0.15, 0.2) is 10.6 Å². The molecule has 2 aliphatic heterocycles. The van der Waals surface area contributed by atoms with Crippen LogP contribution in [0.4, 0.5) is 0 Å². The van der Waals surface area contributed by atoms with Crippen LogP contribution in [0, 0.1) is 12.8 Å². The molecule has 2 fully saturated rings. The van der Waals surface area contributed by atoms with Crippen LogP contribution >= 0.6 is 0 Å². The van der Waals surface area contributed by atoms with Crippen LogP contribution < -0.4 is 5.32 Å². The van der Waals surface area contributed by atoms with E-state index in [1.807, 2.05) is 17.9 Å². The van der Waals surface area contributed by atoms with Gasteiger partial charge >= 0.3 is 0 Å². The summed E-state index contributed by atoms with van der Waals surface area (Å²) >= 11 is 0. The zero-order valence-corrected chi connectivity index (χ0v) is 11.6. The molecule has 3 heterocycles.